The van der Waals surface area contributed by atoms with E-state index in [1.807, 2.05) is 12.1 Å². The molecular weight excluding hydrogens is 258 g/mol. The third-order valence-corrected chi connectivity index (χ3v) is 3.30. The van der Waals surface area contributed by atoms with E-state index in [1.54, 1.807) is 13.2 Å². The fourth-order valence-electron chi connectivity index (χ4n) is 2.26. The molecule has 0 heterocycles. The summed E-state index contributed by atoms with van der Waals surface area (Å²) < 4.78 is 9.80. The molecule has 0 aromatic heterocycles. The SMILES string of the molecule is COCCNC(=O)COC(=O)c1ccc2c(c1)CCC2. The van der Waals surface area contributed by atoms with E-state index in [1.165, 1.54) is 11.1 Å². The van der Waals surface area contributed by atoms with E-state index in [0.717, 1.165) is 19.3 Å². The second-order valence-corrected chi connectivity index (χ2v) is 4.76. The Balaban J connectivity index is 1.81. The molecule has 0 atom stereocenters. The molecule has 1 N–H and O–H groups in total. The van der Waals surface area contributed by atoms with Crippen LogP contribution in [0.25, 0.3) is 0 Å². The Kier molecular flexibility index (Phi) is 5.12. The minimum absolute atomic E-state index is 0.264. The number of fused-ring (bicyclic) bond motifs is 1. The zero-order chi connectivity index (χ0) is 14.4. The first-order chi connectivity index (χ1) is 9.70. The van der Waals surface area contributed by atoms with Gasteiger partial charge < -0.3 is 14.8 Å². The summed E-state index contributed by atoms with van der Waals surface area (Å²) in [5.74, 6) is -0.779. The van der Waals surface area contributed by atoms with Crippen molar-refractivity contribution in [2.24, 2.45) is 0 Å². The average molecular weight is 277 g/mol. The van der Waals surface area contributed by atoms with Crippen molar-refractivity contribution in [2.75, 3.05) is 26.9 Å². The van der Waals surface area contributed by atoms with Crippen molar-refractivity contribution in [3.8, 4) is 0 Å². The summed E-state index contributed by atoms with van der Waals surface area (Å²) >= 11 is 0. The summed E-state index contributed by atoms with van der Waals surface area (Å²) in [7, 11) is 1.56. The lowest BCUT2D eigenvalue weighted by molar-refractivity contribution is -0.124. The molecule has 0 unspecified atom stereocenters. The number of hydrogen-bond donors (Lipinski definition) is 1. The molecule has 0 fully saturated rings. The molecule has 5 nitrogen and oxygen atoms in total. The number of carbonyl (C=O) groups excluding carboxylic acids is 2. The van der Waals surface area contributed by atoms with Gasteiger partial charge in [0.15, 0.2) is 6.61 Å². The standard InChI is InChI=1S/C15H19NO4/c1-19-8-7-16-14(17)10-20-15(18)13-6-5-11-3-2-4-12(11)9-13/h5-6,9H,2-4,7-8,10H2,1H3,(H,16,17). The summed E-state index contributed by atoms with van der Waals surface area (Å²) in [6.07, 6.45) is 3.22. The molecule has 108 valence electrons. The van der Waals surface area contributed by atoms with Crippen molar-refractivity contribution in [2.45, 2.75) is 19.3 Å². The molecule has 1 amide bonds. The average Bonchev–Trinajstić information content (AvgIpc) is 2.92. The van der Waals surface area contributed by atoms with E-state index in [9.17, 15) is 9.59 Å². The Hall–Kier alpha value is -1.88. The number of hydrogen-bond acceptors (Lipinski definition) is 4. The number of benzene rings is 1. The third kappa shape index (κ3) is 3.81. The number of rotatable bonds is 6. The molecule has 0 saturated carbocycles. The van der Waals surface area contributed by atoms with E-state index in [4.69, 9.17) is 9.47 Å². The zero-order valence-corrected chi connectivity index (χ0v) is 11.6. The van der Waals surface area contributed by atoms with Crippen molar-refractivity contribution < 1.29 is 19.1 Å². The van der Waals surface area contributed by atoms with Gasteiger partial charge in [-0.05, 0) is 42.5 Å². The van der Waals surface area contributed by atoms with E-state index < -0.39 is 5.97 Å². The van der Waals surface area contributed by atoms with Gasteiger partial charge >= 0.3 is 5.97 Å². The number of ether oxygens (including phenoxy) is 2. The van der Waals surface area contributed by atoms with Crippen LogP contribution < -0.4 is 5.32 Å². The van der Waals surface area contributed by atoms with Crippen LogP contribution in [0.2, 0.25) is 0 Å². The second kappa shape index (κ2) is 7.05. The molecule has 1 aliphatic carbocycles. The predicted octanol–water partition coefficient (Wildman–Crippen LogP) is 1.09. The fourth-order valence-corrected chi connectivity index (χ4v) is 2.26. The Morgan fingerprint density at radius 1 is 1.25 bits per heavy atom. The minimum atomic E-state index is -0.457. The van der Waals surface area contributed by atoms with Crippen molar-refractivity contribution in [1.29, 1.82) is 0 Å². The van der Waals surface area contributed by atoms with Gasteiger partial charge in [-0.1, -0.05) is 6.07 Å². The lowest BCUT2D eigenvalue weighted by atomic mass is 10.1. The second-order valence-electron chi connectivity index (χ2n) is 4.76. The van der Waals surface area contributed by atoms with Crippen LogP contribution in [0, 0.1) is 0 Å². The Labute approximate surface area is 118 Å². The highest BCUT2D eigenvalue weighted by Crippen LogP contribution is 2.23. The number of aryl methyl sites for hydroxylation is 2. The van der Waals surface area contributed by atoms with Crippen LogP contribution in [0.3, 0.4) is 0 Å². The van der Waals surface area contributed by atoms with Gasteiger partial charge in [0.25, 0.3) is 5.91 Å². The Morgan fingerprint density at radius 3 is 2.85 bits per heavy atom. The number of esters is 1. The first-order valence-corrected chi connectivity index (χ1v) is 6.75. The number of amides is 1. The summed E-state index contributed by atoms with van der Waals surface area (Å²) in [6.45, 7) is 0.579. The van der Waals surface area contributed by atoms with Gasteiger partial charge in [0.1, 0.15) is 0 Å². The molecule has 1 aromatic rings. The van der Waals surface area contributed by atoms with Crippen LogP contribution in [0.1, 0.15) is 27.9 Å². The molecule has 0 bridgehead atoms. The number of carbonyl (C=O) groups is 2. The molecule has 1 aliphatic rings. The molecule has 0 aliphatic heterocycles. The first kappa shape index (κ1) is 14.5. The maximum atomic E-state index is 11.9. The van der Waals surface area contributed by atoms with E-state index in [-0.39, 0.29) is 12.5 Å². The van der Waals surface area contributed by atoms with Gasteiger partial charge in [-0.3, -0.25) is 4.79 Å². The summed E-state index contributed by atoms with van der Waals surface area (Å²) in [4.78, 5) is 23.2. The van der Waals surface area contributed by atoms with Crippen LogP contribution >= 0.6 is 0 Å². The van der Waals surface area contributed by atoms with Crippen LogP contribution in [0.15, 0.2) is 18.2 Å². The van der Waals surface area contributed by atoms with Crippen LogP contribution in [0.4, 0.5) is 0 Å². The third-order valence-electron chi connectivity index (χ3n) is 3.30. The topological polar surface area (TPSA) is 64.6 Å². The molecule has 1 aromatic carbocycles. The smallest absolute Gasteiger partial charge is 0.338 e. The molecule has 0 saturated heterocycles. The van der Waals surface area contributed by atoms with Gasteiger partial charge in [-0.2, -0.15) is 0 Å². The first-order valence-electron chi connectivity index (χ1n) is 6.75. The van der Waals surface area contributed by atoms with E-state index in [0.29, 0.717) is 18.7 Å². The van der Waals surface area contributed by atoms with Crippen LogP contribution in [0.5, 0.6) is 0 Å². The molecular formula is C15H19NO4. The summed E-state index contributed by atoms with van der Waals surface area (Å²) in [5.41, 5.74) is 3.03. The van der Waals surface area contributed by atoms with Gasteiger partial charge in [-0.15, -0.1) is 0 Å². The summed E-state index contributed by atoms with van der Waals surface area (Å²) in [6, 6.07) is 5.60. The van der Waals surface area contributed by atoms with Crippen LogP contribution in [-0.2, 0) is 27.1 Å². The lowest BCUT2D eigenvalue weighted by Crippen LogP contribution is -2.31. The normalized spacial score (nSPS) is 12.8. The molecule has 5 heteroatoms. The Bertz CT molecular complexity index is 499. The lowest BCUT2D eigenvalue weighted by Gasteiger charge is -2.07. The molecule has 0 spiro atoms. The minimum Gasteiger partial charge on any atom is -0.452 e. The van der Waals surface area contributed by atoms with E-state index in [2.05, 4.69) is 5.32 Å². The molecule has 20 heavy (non-hydrogen) atoms. The van der Waals surface area contributed by atoms with Gasteiger partial charge in [-0.25, -0.2) is 4.79 Å². The number of methoxy groups -OCH3 is 1. The van der Waals surface area contributed by atoms with Gasteiger partial charge in [0, 0.05) is 13.7 Å². The van der Waals surface area contributed by atoms with E-state index >= 15 is 0 Å². The largest absolute Gasteiger partial charge is 0.452 e. The van der Waals surface area contributed by atoms with Crippen molar-refractivity contribution in [3.63, 3.8) is 0 Å². The monoisotopic (exact) mass is 277 g/mol. The van der Waals surface area contributed by atoms with Crippen molar-refractivity contribution in [1.82, 2.24) is 5.32 Å². The zero-order valence-electron chi connectivity index (χ0n) is 11.6. The maximum absolute atomic E-state index is 11.9. The molecule has 0 radical (unpaired) electrons. The quantitative estimate of drug-likeness (QED) is 0.624. The predicted molar refractivity (Wildman–Crippen MR) is 73.6 cm³/mol. The maximum Gasteiger partial charge on any atom is 0.338 e. The van der Waals surface area contributed by atoms with Gasteiger partial charge in [0.2, 0.25) is 0 Å². The highest BCUT2D eigenvalue weighted by molar-refractivity contribution is 5.91. The summed E-state index contributed by atoms with van der Waals surface area (Å²) in [5, 5.41) is 2.59. The number of nitrogens with one attached hydrogen (secondary N) is 1. The highest BCUT2D eigenvalue weighted by Gasteiger charge is 2.15. The van der Waals surface area contributed by atoms with Crippen LogP contribution in [-0.4, -0.2) is 38.7 Å². The Morgan fingerprint density at radius 2 is 2.05 bits per heavy atom. The van der Waals surface area contributed by atoms with Crippen molar-refractivity contribution >= 4 is 11.9 Å². The van der Waals surface area contributed by atoms with Gasteiger partial charge in [0.05, 0.1) is 12.2 Å². The fraction of sp³-hybridized carbons (Fsp3) is 0.467. The highest BCUT2D eigenvalue weighted by atomic mass is 16.5. The molecule has 2 rings (SSSR count). The van der Waals surface area contributed by atoms with Crippen molar-refractivity contribution in [3.05, 3.63) is 34.9 Å².